The van der Waals surface area contributed by atoms with Gasteiger partial charge >= 0.3 is 0 Å². The highest BCUT2D eigenvalue weighted by atomic mass is 16.1. The molecule has 0 aromatic heterocycles. The molecular formula is C32H53N3O. The molecule has 0 spiro atoms. The van der Waals surface area contributed by atoms with Gasteiger partial charge < -0.3 is 10.2 Å². The molecular weight excluding hydrogens is 442 g/mol. The molecule has 1 heterocycles. The molecule has 202 valence electrons. The van der Waals surface area contributed by atoms with Crippen LogP contribution in [0.2, 0.25) is 0 Å². The van der Waals surface area contributed by atoms with Crippen LogP contribution in [0, 0.1) is 0 Å². The molecule has 4 heteroatoms. The van der Waals surface area contributed by atoms with Gasteiger partial charge in [0.05, 0.1) is 0 Å². The third-order valence-corrected chi connectivity index (χ3v) is 7.39. The average Bonchev–Trinajstić information content (AvgIpc) is 2.90. The zero-order valence-corrected chi connectivity index (χ0v) is 23.0. The standard InChI is InChI=1S/C32H53N3O/c1-3-5-6-7-8-9-13-23-32(36)33-24-18-26-34(29-30-20-11-10-12-21-30)25-16-17-28-35-27-15-14-22-31(35)19-4-2/h3-4,10-12,20-21,31H,1-2,5-9,13-19,22-29H2,(H,33,36)/t31-/m1/s1. The van der Waals surface area contributed by atoms with E-state index in [-0.39, 0.29) is 5.91 Å². The molecule has 1 aliphatic rings. The van der Waals surface area contributed by atoms with Crippen molar-refractivity contribution in [3.8, 4) is 0 Å². The van der Waals surface area contributed by atoms with Crippen molar-refractivity contribution in [2.75, 3.05) is 32.7 Å². The van der Waals surface area contributed by atoms with Crippen LogP contribution in [-0.4, -0.2) is 54.5 Å². The molecule has 0 unspecified atom stereocenters. The molecule has 1 fully saturated rings. The highest BCUT2D eigenvalue weighted by Gasteiger charge is 2.20. The highest BCUT2D eigenvalue weighted by Crippen LogP contribution is 2.20. The Bertz CT molecular complexity index is 705. The van der Waals surface area contributed by atoms with E-state index in [0.717, 1.165) is 58.3 Å². The molecule has 1 N–H and O–H groups in total. The molecule has 0 saturated carbocycles. The number of likely N-dealkylation sites (tertiary alicyclic amines) is 1. The number of nitrogens with zero attached hydrogens (tertiary/aromatic N) is 2. The van der Waals surface area contributed by atoms with Crippen LogP contribution < -0.4 is 5.32 Å². The van der Waals surface area contributed by atoms with Gasteiger partial charge in [0, 0.05) is 32.1 Å². The molecule has 0 radical (unpaired) electrons. The van der Waals surface area contributed by atoms with Gasteiger partial charge in [0.15, 0.2) is 0 Å². The van der Waals surface area contributed by atoms with Crippen molar-refractivity contribution in [2.24, 2.45) is 0 Å². The van der Waals surface area contributed by atoms with Crippen LogP contribution in [0.4, 0.5) is 0 Å². The van der Waals surface area contributed by atoms with Crippen molar-refractivity contribution in [2.45, 2.75) is 102 Å². The summed E-state index contributed by atoms with van der Waals surface area (Å²) in [7, 11) is 0. The van der Waals surface area contributed by atoms with Crippen LogP contribution in [0.1, 0.15) is 95.5 Å². The molecule has 4 nitrogen and oxygen atoms in total. The number of hydrogen-bond acceptors (Lipinski definition) is 3. The fourth-order valence-corrected chi connectivity index (χ4v) is 5.30. The number of nitrogens with one attached hydrogen (secondary N) is 1. The maximum Gasteiger partial charge on any atom is 0.219 e. The lowest BCUT2D eigenvalue weighted by atomic mass is 9.99. The van der Waals surface area contributed by atoms with Crippen molar-refractivity contribution in [1.29, 1.82) is 0 Å². The van der Waals surface area contributed by atoms with Gasteiger partial charge in [-0.3, -0.25) is 9.69 Å². The monoisotopic (exact) mass is 495 g/mol. The first-order valence-electron chi connectivity index (χ1n) is 14.7. The summed E-state index contributed by atoms with van der Waals surface area (Å²) in [6, 6.07) is 11.5. The van der Waals surface area contributed by atoms with Gasteiger partial charge in [-0.15, -0.1) is 13.2 Å². The van der Waals surface area contributed by atoms with E-state index in [9.17, 15) is 4.79 Å². The molecule has 0 aliphatic carbocycles. The highest BCUT2D eigenvalue weighted by molar-refractivity contribution is 5.75. The van der Waals surface area contributed by atoms with E-state index >= 15 is 0 Å². The third kappa shape index (κ3) is 14.0. The Hall–Kier alpha value is -1.91. The van der Waals surface area contributed by atoms with Gasteiger partial charge in [-0.1, -0.05) is 68.2 Å². The zero-order chi connectivity index (χ0) is 25.7. The number of hydrogen-bond donors (Lipinski definition) is 1. The number of rotatable bonds is 21. The molecule has 1 amide bonds. The average molecular weight is 496 g/mol. The van der Waals surface area contributed by atoms with Gasteiger partial charge in [0.1, 0.15) is 0 Å². The number of unbranched alkanes of at least 4 members (excludes halogenated alkanes) is 6. The van der Waals surface area contributed by atoms with Crippen LogP contribution in [0.5, 0.6) is 0 Å². The second-order valence-electron chi connectivity index (χ2n) is 10.5. The Kier molecular flexibility index (Phi) is 17.0. The van der Waals surface area contributed by atoms with Crippen molar-refractivity contribution in [1.82, 2.24) is 15.1 Å². The fourth-order valence-electron chi connectivity index (χ4n) is 5.30. The lowest BCUT2D eigenvalue weighted by molar-refractivity contribution is -0.121. The van der Waals surface area contributed by atoms with Gasteiger partial charge in [-0.2, -0.15) is 0 Å². The smallest absolute Gasteiger partial charge is 0.219 e. The van der Waals surface area contributed by atoms with E-state index in [0.29, 0.717) is 12.5 Å². The van der Waals surface area contributed by atoms with Crippen molar-refractivity contribution in [3.05, 3.63) is 61.2 Å². The topological polar surface area (TPSA) is 35.6 Å². The number of benzene rings is 1. The second kappa shape index (κ2) is 20.2. The normalized spacial score (nSPS) is 16.2. The van der Waals surface area contributed by atoms with Crippen LogP contribution >= 0.6 is 0 Å². The molecule has 1 aliphatic heterocycles. The van der Waals surface area contributed by atoms with E-state index in [1.54, 1.807) is 0 Å². The van der Waals surface area contributed by atoms with Crippen molar-refractivity contribution in [3.63, 3.8) is 0 Å². The number of piperidine rings is 1. The summed E-state index contributed by atoms with van der Waals surface area (Å²) in [6.07, 6.45) is 20.4. The van der Waals surface area contributed by atoms with Crippen LogP contribution in [0.3, 0.4) is 0 Å². The molecule has 1 aromatic rings. The van der Waals surface area contributed by atoms with E-state index in [2.05, 4.69) is 64.7 Å². The summed E-state index contributed by atoms with van der Waals surface area (Å²) >= 11 is 0. The Morgan fingerprint density at radius 3 is 2.53 bits per heavy atom. The number of carbonyl (C=O) groups is 1. The van der Waals surface area contributed by atoms with E-state index in [4.69, 9.17) is 0 Å². The maximum atomic E-state index is 12.2. The molecule has 1 saturated heterocycles. The number of allylic oxidation sites excluding steroid dienone is 1. The van der Waals surface area contributed by atoms with Gasteiger partial charge in [-0.25, -0.2) is 0 Å². The van der Waals surface area contributed by atoms with Crippen molar-refractivity contribution < 1.29 is 4.79 Å². The fraction of sp³-hybridized carbons (Fsp3) is 0.656. The molecule has 1 atom stereocenters. The summed E-state index contributed by atoms with van der Waals surface area (Å²) in [5.74, 6) is 0.214. The first kappa shape index (κ1) is 30.3. The predicted molar refractivity (Wildman–Crippen MR) is 155 cm³/mol. The Labute approximate surface area is 222 Å². The van der Waals surface area contributed by atoms with Gasteiger partial charge in [0.2, 0.25) is 5.91 Å². The summed E-state index contributed by atoms with van der Waals surface area (Å²) in [4.78, 5) is 17.5. The first-order valence-corrected chi connectivity index (χ1v) is 14.7. The first-order chi connectivity index (χ1) is 17.7. The quantitative estimate of drug-likeness (QED) is 0.146. The molecule has 0 bridgehead atoms. The van der Waals surface area contributed by atoms with Gasteiger partial charge in [0.25, 0.3) is 0 Å². The van der Waals surface area contributed by atoms with Crippen molar-refractivity contribution >= 4 is 5.91 Å². The zero-order valence-electron chi connectivity index (χ0n) is 23.0. The minimum Gasteiger partial charge on any atom is -0.356 e. The second-order valence-corrected chi connectivity index (χ2v) is 10.5. The lowest BCUT2D eigenvalue weighted by Gasteiger charge is -2.35. The predicted octanol–water partition coefficient (Wildman–Crippen LogP) is 7.12. The lowest BCUT2D eigenvalue weighted by Crippen LogP contribution is -2.40. The maximum absolute atomic E-state index is 12.2. The minimum absolute atomic E-state index is 0.214. The van der Waals surface area contributed by atoms with E-state index in [1.807, 2.05) is 6.08 Å². The minimum atomic E-state index is 0.214. The van der Waals surface area contributed by atoms with Crippen LogP contribution in [0.15, 0.2) is 55.6 Å². The summed E-state index contributed by atoms with van der Waals surface area (Å²) in [6.45, 7) is 14.1. The third-order valence-electron chi connectivity index (χ3n) is 7.39. The van der Waals surface area contributed by atoms with Crippen LogP contribution in [-0.2, 0) is 11.3 Å². The molecule has 1 aromatic carbocycles. The Morgan fingerprint density at radius 1 is 0.944 bits per heavy atom. The van der Waals surface area contributed by atoms with Gasteiger partial charge in [-0.05, 0) is 83.0 Å². The largest absolute Gasteiger partial charge is 0.356 e. The SMILES string of the molecule is C=CCCCCCCCC(=O)NCCCN(CCCCN1CCCC[C@H]1CC=C)Cc1ccccc1. The summed E-state index contributed by atoms with van der Waals surface area (Å²) in [5.41, 5.74) is 1.37. The summed E-state index contributed by atoms with van der Waals surface area (Å²) in [5, 5.41) is 3.15. The van der Waals surface area contributed by atoms with Crippen LogP contribution in [0.25, 0.3) is 0 Å². The number of carbonyl (C=O) groups excluding carboxylic acids is 1. The Balaban J connectivity index is 1.64. The molecule has 2 rings (SSSR count). The van der Waals surface area contributed by atoms with E-state index < -0.39 is 0 Å². The molecule has 36 heavy (non-hydrogen) atoms. The summed E-state index contributed by atoms with van der Waals surface area (Å²) < 4.78 is 0. The van der Waals surface area contributed by atoms with E-state index in [1.165, 1.54) is 70.0 Å². The Morgan fingerprint density at radius 2 is 1.72 bits per heavy atom. The number of amides is 1.